The van der Waals surface area contributed by atoms with Crippen LogP contribution in [0.3, 0.4) is 0 Å². The van der Waals surface area contributed by atoms with Crippen molar-refractivity contribution in [3.8, 4) is 5.75 Å². The number of nitrogens with one attached hydrogen (secondary N) is 2. The Hall–Kier alpha value is -2.34. The topological polar surface area (TPSA) is 93.4 Å². The predicted molar refractivity (Wildman–Crippen MR) is 72.8 cm³/mol. The lowest BCUT2D eigenvalue weighted by atomic mass is 10.3. The van der Waals surface area contributed by atoms with Gasteiger partial charge in [-0.3, -0.25) is 9.59 Å². The molecule has 0 heterocycles. The molecule has 0 saturated carbocycles. The van der Waals surface area contributed by atoms with Crippen LogP contribution < -0.4 is 21.1 Å². The molecule has 6 heteroatoms. The van der Waals surface area contributed by atoms with Crippen LogP contribution in [0, 0.1) is 0 Å². The largest absolute Gasteiger partial charge is 0.484 e. The number of hydrogen-bond acceptors (Lipinski definition) is 4. The van der Waals surface area contributed by atoms with E-state index >= 15 is 0 Å². The molecule has 6 nitrogen and oxygen atoms in total. The Morgan fingerprint density at radius 1 is 1.42 bits per heavy atom. The van der Waals surface area contributed by atoms with Crippen LogP contribution in [0.1, 0.15) is 0 Å². The van der Waals surface area contributed by atoms with Crippen molar-refractivity contribution in [1.29, 1.82) is 0 Å². The number of carbonyl (C=O) groups is 2. The van der Waals surface area contributed by atoms with E-state index in [9.17, 15) is 9.59 Å². The SMILES string of the molecule is C=CCNCC(=O)Nc1cccc(OCC(N)=O)c1. The summed E-state index contributed by atoms with van der Waals surface area (Å²) in [4.78, 5) is 22.1. The number of nitrogens with two attached hydrogens (primary N) is 1. The third-order valence-corrected chi connectivity index (χ3v) is 2.07. The van der Waals surface area contributed by atoms with Gasteiger partial charge in [-0.25, -0.2) is 0 Å². The predicted octanol–water partition coefficient (Wildman–Crippen LogP) is 0.265. The van der Waals surface area contributed by atoms with Gasteiger partial charge in [0.1, 0.15) is 5.75 Å². The number of benzene rings is 1. The van der Waals surface area contributed by atoms with Crippen molar-refractivity contribution in [3.05, 3.63) is 36.9 Å². The molecule has 0 aromatic heterocycles. The maximum Gasteiger partial charge on any atom is 0.255 e. The summed E-state index contributed by atoms with van der Waals surface area (Å²) in [5, 5.41) is 5.58. The van der Waals surface area contributed by atoms with E-state index in [1.165, 1.54) is 0 Å². The van der Waals surface area contributed by atoms with Crippen LogP contribution in [0.25, 0.3) is 0 Å². The minimum Gasteiger partial charge on any atom is -0.484 e. The third kappa shape index (κ3) is 6.23. The minimum absolute atomic E-state index is 0.172. The smallest absolute Gasteiger partial charge is 0.255 e. The molecule has 4 N–H and O–H groups in total. The van der Waals surface area contributed by atoms with Crippen LogP contribution in [0.2, 0.25) is 0 Å². The summed E-state index contributed by atoms with van der Waals surface area (Å²) in [5.41, 5.74) is 5.57. The molecule has 102 valence electrons. The maximum absolute atomic E-state index is 11.5. The van der Waals surface area contributed by atoms with Gasteiger partial charge in [-0.2, -0.15) is 0 Å². The van der Waals surface area contributed by atoms with E-state index in [0.717, 1.165) is 0 Å². The molecule has 0 spiro atoms. The fourth-order valence-electron chi connectivity index (χ4n) is 1.31. The van der Waals surface area contributed by atoms with Gasteiger partial charge in [0.05, 0.1) is 6.54 Å². The molecule has 19 heavy (non-hydrogen) atoms. The first-order valence-electron chi connectivity index (χ1n) is 5.74. The van der Waals surface area contributed by atoms with Crippen molar-refractivity contribution in [2.24, 2.45) is 5.73 Å². The van der Waals surface area contributed by atoms with Gasteiger partial charge in [0.2, 0.25) is 5.91 Å². The van der Waals surface area contributed by atoms with Crippen LogP contribution in [-0.4, -0.2) is 31.5 Å². The summed E-state index contributed by atoms with van der Waals surface area (Å²) < 4.78 is 5.13. The van der Waals surface area contributed by atoms with Gasteiger partial charge >= 0.3 is 0 Å². The molecule has 0 aliphatic rings. The molecule has 0 fully saturated rings. The second kappa shape index (κ2) is 7.88. The fraction of sp³-hybridized carbons (Fsp3) is 0.231. The first kappa shape index (κ1) is 14.7. The number of amides is 2. The monoisotopic (exact) mass is 263 g/mol. The van der Waals surface area contributed by atoms with Gasteiger partial charge in [-0.05, 0) is 12.1 Å². The van der Waals surface area contributed by atoms with Crippen molar-refractivity contribution in [2.45, 2.75) is 0 Å². The van der Waals surface area contributed by atoms with Crippen molar-refractivity contribution in [2.75, 3.05) is 25.0 Å². The average molecular weight is 263 g/mol. The Morgan fingerprint density at radius 2 is 2.21 bits per heavy atom. The van der Waals surface area contributed by atoms with Crippen molar-refractivity contribution < 1.29 is 14.3 Å². The summed E-state index contributed by atoms with van der Waals surface area (Å²) in [6, 6.07) is 6.73. The average Bonchev–Trinajstić information content (AvgIpc) is 2.37. The molecular weight excluding hydrogens is 246 g/mol. The Balaban J connectivity index is 2.49. The zero-order chi connectivity index (χ0) is 14.1. The van der Waals surface area contributed by atoms with Gasteiger partial charge in [0.15, 0.2) is 6.61 Å². The molecule has 0 atom stereocenters. The lowest BCUT2D eigenvalue weighted by Gasteiger charge is -2.08. The fourth-order valence-corrected chi connectivity index (χ4v) is 1.31. The summed E-state index contributed by atoms with van der Waals surface area (Å²) in [7, 11) is 0. The highest BCUT2D eigenvalue weighted by atomic mass is 16.5. The number of ether oxygens (including phenoxy) is 1. The van der Waals surface area contributed by atoms with Gasteiger partial charge < -0.3 is 21.1 Å². The maximum atomic E-state index is 11.5. The molecule has 1 aromatic rings. The van der Waals surface area contributed by atoms with Crippen LogP contribution in [0.5, 0.6) is 5.75 Å². The molecule has 2 amide bonds. The number of hydrogen-bond donors (Lipinski definition) is 3. The highest BCUT2D eigenvalue weighted by molar-refractivity contribution is 5.92. The summed E-state index contributed by atoms with van der Waals surface area (Å²) in [6.45, 7) is 4.10. The van der Waals surface area contributed by atoms with Crippen LogP contribution in [0.15, 0.2) is 36.9 Å². The first-order chi connectivity index (χ1) is 9.11. The van der Waals surface area contributed by atoms with Gasteiger partial charge in [0, 0.05) is 18.3 Å². The molecule has 1 rings (SSSR count). The van der Waals surface area contributed by atoms with Crippen molar-refractivity contribution >= 4 is 17.5 Å². The van der Waals surface area contributed by atoms with Gasteiger partial charge in [-0.1, -0.05) is 12.1 Å². The number of primary amides is 1. The number of carbonyl (C=O) groups excluding carboxylic acids is 2. The Labute approximate surface area is 111 Å². The number of anilines is 1. The van der Waals surface area contributed by atoms with Crippen LogP contribution in [0.4, 0.5) is 5.69 Å². The van der Waals surface area contributed by atoms with Gasteiger partial charge in [0.25, 0.3) is 5.91 Å². The van der Waals surface area contributed by atoms with Crippen LogP contribution in [-0.2, 0) is 9.59 Å². The lowest BCUT2D eigenvalue weighted by Crippen LogP contribution is -2.28. The highest BCUT2D eigenvalue weighted by Gasteiger charge is 2.03. The first-order valence-corrected chi connectivity index (χ1v) is 5.74. The Bertz CT molecular complexity index is 460. The second-order valence-corrected chi connectivity index (χ2v) is 3.75. The molecule has 0 saturated heterocycles. The van der Waals surface area contributed by atoms with Gasteiger partial charge in [-0.15, -0.1) is 6.58 Å². The van der Waals surface area contributed by atoms with Crippen LogP contribution >= 0.6 is 0 Å². The molecule has 0 aliphatic carbocycles. The summed E-state index contributed by atoms with van der Waals surface area (Å²) in [5.74, 6) is -0.257. The molecule has 0 aliphatic heterocycles. The second-order valence-electron chi connectivity index (χ2n) is 3.75. The van der Waals surface area contributed by atoms with Crippen molar-refractivity contribution in [3.63, 3.8) is 0 Å². The Morgan fingerprint density at radius 3 is 2.89 bits per heavy atom. The summed E-state index contributed by atoms with van der Waals surface area (Å²) in [6.07, 6.45) is 1.67. The normalized spacial score (nSPS) is 9.68. The standard InChI is InChI=1S/C13H17N3O3/c1-2-6-15-8-13(18)16-10-4-3-5-11(7-10)19-9-12(14)17/h2-5,7,15H,1,6,8-9H2,(H2,14,17)(H,16,18). The zero-order valence-electron chi connectivity index (χ0n) is 10.5. The Kier molecular flexibility index (Phi) is 6.11. The highest BCUT2D eigenvalue weighted by Crippen LogP contribution is 2.16. The number of rotatable bonds is 8. The van der Waals surface area contributed by atoms with E-state index in [-0.39, 0.29) is 19.1 Å². The lowest BCUT2D eigenvalue weighted by molar-refractivity contribution is -0.120. The third-order valence-electron chi connectivity index (χ3n) is 2.07. The van der Waals surface area contributed by atoms with E-state index in [0.29, 0.717) is 18.0 Å². The zero-order valence-corrected chi connectivity index (χ0v) is 10.5. The molecule has 0 bridgehead atoms. The minimum atomic E-state index is -0.553. The summed E-state index contributed by atoms with van der Waals surface area (Å²) >= 11 is 0. The molecule has 0 radical (unpaired) electrons. The molecular formula is C13H17N3O3. The van der Waals surface area contributed by atoms with Crippen molar-refractivity contribution in [1.82, 2.24) is 5.32 Å². The van der Waals surface area contributed by atoms with E-state index < -0.39 is 5.91 Å². The molecule has 0 unspecified atom stereocenters. The molecule has 1 aromatic carbocycles. The quantitative estimate of drug-likeness (QED) is 0.463. The van der Waals surface area contributed by atoms with E-state index in [4.69, 9.17) is 10.5 Å². The van der Waals surface area contributed by atoms with E-state index in [1.54, 1.807) is 30.3 Å². The van der Waals surface area contributed by atoms with E-state index in [2.05, 4.69) is 17.2 Å². The van der Waals surface area contributed by atoms with E-state index in [1.807, 2.05) is 0 Å².